The number of halogens is 1. The Kier molecular flexibility index (Phi) is 5.99. The molecule has 1 saturated carbocycles. The van der Waals surface area contributed by atoms with Crippen LogP contribution in [0.4, 0.5) is 27.7 Å². The molecule has 2 fully saturated rings. The van der Waals surface area contributed by atoms with Gasteiger partial charge in [0.15, 0.2) is 5.82 Å². The Morgan fingerprint density at radius 1 is 1.08 bits per heavy atom. The molecular formula is C26H34FN9. The van der Waals surface area contributed by atoms with Crippen molar-refractivity contribution in [1.82, 2.24) is 29.6 Å². The number of rotatable bonds is 7. The zero-order valence-electron chi connectivity index (χ0n) is 21.0. The van der Waals surface area contributed by atoms with E-state index in [2.05, 4.69) is 49.0 Å². The lowest BCUT2D eigenvalue weighted by atomic mass is 9.96. The standard InChI is InChI=1S/C26H34FN9/c1-3-34(4-2)19-9-11-35(12-10-19)21-8-7-18(14-20(21)27)31-26-32-25(28)36(33-26)24-22-16-5-6-17(13-16)23(22)29-15-30-24/h7-8,14-17,19H,3-6,9-13H2,1-2H3,(H3,28,31,32,33). The van der Waals surface area contributed by atoms with Crippen molar-refractivity contribution in [3.8, 4) is 5.82 Å². The molecule has 3 aromatic rings. The highest BCUT2D eigenvalue weighted by Crippen LogP contribution is 2.53. The van der Waals surface area contributed by atoms with E-state index in [0.29, 0.717) is 41.0 Å². The van der Waals surface area contributed by atoms with Crippen molar-refractivity contribution in [2.24, 2.45) is 0 Å². The monoisotopic (exact) mass is 491 g/mol. The summed E-state index contributed by atoms with van der Waals surface area (Å²) in [5.41, 5.74) is 9.73. The Morgan fingerprint density at radius 3 is 2.61 bits per heavy atom. The number of benzene rings is 1. The summed E-state index contributed by atoms with van der Waals surface area (Å²) in [6.07, 6.45) is 7.15. The first-order valence-corrected chi connectivity index (χ1v) is 13.2. The van der Waals surface area contributed by atoms with Crippen LogP contribution in [-0.2, 0) is 0 Å². The Morgan fingerprint density at radius 2 is 1.86 bits per heavy atom. The van der Waals surface area contributed by atoms with Gasteiger partial charge in [0.1, 0.15) is 12.1 Å². The predicted octanol–water partition coefficient (Wildman–Crippen LogP) is 4.20. The van der Waals surface area contributed by atoms with E-state index in [-0.39, 0.29) is 11.8 Å². The van der Waals surface area contributed by atoms with Gasteiger partial charge in [0.05, 0.1) is 11.4 Å². The van der Waals surface area contributed by atoms with Crippen molar-refractivity contribution < 1.29 is 4.39 Å². The molecule has 2 aliphatic carbocycles. The van der Waals surface area contributed by atoms with Crippen LogP contribution >= 0.6 is 0 Å². The molecule has 1 aromatic carbocycles. The Bertz CT molecular complexity index is 1250. The van der Waals surface area contributed by atoms with Gasteiger partial charge >= 0.3 is 0 Å². The molecule has 9 nitrogen and oxygen atoms in total. The molecular weight excluding hydrogens is 457 g/mol. The van der Waals surface area contributed by atoms with E-state index < -0.39 is 0 Å². The number of fused-ring (bicyclic) bond motifs is 5. The van der Waals surface area contributed by atoms with E-state index in [0.717, 1.165) is 63.1 Å². The molecule has 0 spiro atoms. The van der Waals surface area contributed by atoms with Gasteiger partial charge in [-0.15, -0.1) is 5.10 Å². The molecule has 3 N–H and O–H groups in total. The number of piperidine rings is 1. The second-order valence-corrected chi connectivity index (χ2v) is 10.1. The Hall–Kier alpha value is -3.27. The van der Waals surface area contributed by atoms with Crippen LogP contribution in [0.2, 0.25) is 0 Å². The number of nitrogens with one attached hydrogen (secondary N) is 1. The molecule has 3 aliphatic rings. The number of hydrogen-bond acceptors (Lipinski definition) is 8. The van der Waals surface area contributed by atoms with E-state index in [1.54, 1.807) is 11.0 Å². The molecule has 3 heterocycles. The third-order valence-electron chi connectivity index (χ3n) is 8.29. The van der Waals surface area contributed by atoms with Crippen molar-refractivity contribution in [2.45, 2.75) is 63.8 Å². The highest BCUT2D eigenvalue weighted by molar-refractivity contribution is 5.61. The molecule has 0 radical (unpaired) electrons. The largest absolute Gasteiger partial charge is 0.369 e. The molecule has 1 aliphatic heterocycles. The van der Waals surface area contributed by atoms with Crippen LogP contribution < -0.4 is 16.0 Å². The maximum absolute atomic E-state index is 15.1. The van der Waals surface area contributed by atoms with Crippen molar-refractivity contribution in [1.29, 1.82) is 0 Å². The summed E-state index contributed by atoms with van der Waals surface area (Å²) >= 11 is 0. The van der Waals surface area contributed by atoms with Crippen LogP contribution in [-0.4, -0.2) is 61.9 Å². The van der Waals surface area contributed by atoms with Crippen LogP contribution in [0.5, 0.6) is 0 Å². The summed E-state index contributed by atoms with van der Waals surface area (Å²) in [7, 11) is 0. The first-order chi connectivity index (χ1) is 17.6. The fraction of sp³-hybridized carbons (Fsp3) is 0.538. The zero-order valence-corrected chi connectivity index (χ0v) is 21.0. The van der Waals surface area contributed by atoms with Gasteiger partial charge < -0.3 is 20.9 Å². The van der Waals surface area contributed by atoms with E-state index in [4.69, 9.17) is 5.73 Å². The predicted molar refractivity (Wildman–Crippen MR) is 139 cm³/mol. The second-order valence-electron chi connectivity index (χ2n) is 10.1. The molecule has 2 atom stereocenters. The van der Waals surface area contributed by atoms with Gasteiger partial charge in [0.2, 0.25) is 11.9 Å². The summed E-state index contributed by atoms with van der Waals surface area (Å²) in [5.74, 6) is 1.99. The molecule has 190 valence electrons. The van der Waals surface area contributed by atoms with E-state index in [1.807, 2.05) is 12.1 Å². The highest BCUT2D eigenvalue weighted by Gasteiger charge is 2.41. The van der Waals surface area contributed by atoms with Crippen molar-refractivity contribution >= 4 is 23.3 Å². The summed E-state index contributed by atoms with van der Waals surface area (Å²) in [6.45, 7) is 8.25. The lowest BCUT2D eigenvalue weighted by Gasteiger charge is -2.38. The summed E-state index contributed by atoms with van der Waals surface area (Å²) in [4.78, 5) is 18.0. The number of nitrogens with zero attached hydrogens (tertiary/aromatic N) is 7. The van der Waals surface area contributed by atoms with Crippen LogP contribution in [0.25, 0.3) is 5.82 Å². The van der Waals surface area contributed by atoms with Gasteiger partial charge in [-0.1, -0.05) is 13.8 Å². The lowest BCUT2D eigenvalue weighted by molar-refractivity contribution is 0.186. The molecule has 10 heteroatoms. The van der Waals surface area contributed by atoms with Crippen LogP contribution in [0.1, 0.15) is 69.0 Å². The summed E-state index contributed by atoms with van der Waals surface area (Å²) in [6, 6.07) is 5.79. The summed E-state index contributed by atoms with van der Waals surface area (Å²) < 4.78 is 16.7. The van der Waals surface area contributed by atoms with Gasteiger partial charge in [-0.3, -0.25) is 0 Å². The van der Waals surface area contributed by atoms with Gasteiger partial charge in [-0.2, -0.15) is 9.67 Å². The maximum atomic E-state index is 15.1. The molecule has 2 unspecified atom stereocenters. The molecule has 6 rings (SSSR count). The normalized spacial score (nSPS) is 21.4. The minimum absolute atomic E-state index is 0.245. The highest BCUT2D eigenvalue weighted by atomic mass is 19.1. The zero-order chi connectivity index (χ0) is 24.8. The number of anilines is 4. The topological polar surface area (TPSA) is 101 Å². The van der Waals surface area contributed by atoms with E-state index in [9.17, 15) is 0 Å². The molecule has 2 aromatic heterocycles. The van der Waals surface area contributed by atoms with Crippen LogP contribution in [0.3, 0.4) is 0 Å². The second kappa shape index (κ2) is 9.31. The van der Waals surface area contributed by atoms with E-state index in [1.165, 1.54) is 12.5 Å². The average Bonchev–Trinajstić information content (AvgIpc) is 3.61. The Labute approximate surface area is 210 Å². The van der Waals surface area contributed by atoms with Gasteiger partial charge in [0.25, 0.3) is 0 Å². The fourth-order valence-electron chi connectivity index (χ4n) is 6.49. The third-order valence-corrected chi connectivity index (χ3v) is 8.29. The number of nitrogens with two attached hydrogens (primary N) is 1. The first kappa shape index (κ1) is 23.1. The SMILES string of the molecule is CCN(CC)C1CCN(c2ccc(Nc3nc(N)n(-c4ncnc5c4C4CCC5C4)n3)cc2F)CC1. The fourth-order valence-corrected chi connectivity index (χ4v) is 6.49. The molecule has 36 heavy (non-hydrogen) atoms. The van der Waals surface area contributed by atoms with Crippen molar-refractivity contribution in [2.75, 3.05) is 42.1 Å². The quantitative estimate of drug-likeness (QED) is 0.507. The van der Waals surface area contributed by atoms with Crippen molar-refractivity contribution in [3.63, 3.8) is 0 Å². The van der Waals surface area contributed by atoms with E-state index >= 15 is 4.39 Å². The number of hydrogen-bond donors (Lipinski definition) is 2. The van der Waals surface area contributed by atoms with Crippen molar-refractivity contribution in [3.05, 3.63) is 41.6 Å². The van der Waals surface area contributed by atoms with Crippen LogP contribution in [0, 0.1) is 5.82 Å². The van der Waals surface area contributed by atoms with Gasteiger partial charge in [-0.25, -0.2) is 14.4 Å². The Balaban J connectivity index is 1.17. The number of nitrogen functional groups attached to an aromatic ring is 1. The molecule has 1 saturated heterocycles. The van der Waals surface area contributed by atoms with Crippen LogP contribution in [0.15, 0.2) is 24.5 Å². The minimum Gasteiger partial charge on any atom is -0.369 e. The maximum Gasteiger partial charge on any atom is 0.248 e. The average molecular weight is 492 g/mol. The smallest absolute Gasteiger partial charge is 0.248 e. The number of aromatic nitrogens is 5. The van der Waals surface area contributed by atoms with Gasteiger partial charge in [-0.05, 0) is 69.3 Å². The minimum atomic E-state index is -0.252. The lowest BCUT2D eigenvalue weighted by Crippen LogP contribution is -2.45. The summed E-state index contributed by atoms with van der Waals surface area (Å²) in [5, 5.41) is 7.67. The first-order valence-electron chi connectivity index (χ1n) is 13.2. The molecule has 2 bridgehead atoms. The molecule has 0 amide bonds. The third kappa shape index (κ3) is 3.97. The van der Waals surface area contributed by atoms with Gasteiger partial charge in [0, 0.05) is 36.3 Å².